The van der Waals surface area contributed by atoms with Crippen LogP contribution in [0.2, 0.25) is 0 Å². The van der Waals surface area contributed by atoms with Crippen molar-refractivity contribution < 1.29 is 14.2 Å². The van der Waals surface area contributed by atoms with E-state index < -0.39 is 5.92 Å². The number of pyridine rings is 1. The second-order valence-corrected chi connectivity index (χ2v) is 5.96. The Morgan fingerprint density at radius 3 is 2.62 bits per heavy atom. The highest BCUT2D eigenvalue weighted by molar-refractivity contribution is 5.59. The van der Waals surface area contributed by atoms with Crippen molar-refractivity contribution in [3.8, 4) is 23.3 Å². The van der Waals surface area contributed by atoms with Gasteiger partial charge in [-0.1, -0.05) is 6.07 Å². The highest BCUT2D eigenvalue weighted by Crippen LogP contribution is 2.44. The average Bonchev–Trinajstić information content (AvgIpc) is 2.64. The molecule has 1 atom stereocenters. The first-order valence-electron chi connectivity index (χ1n) is 7.93. The number of rotatable bonds is 3. The standard InChI is InChI=1S/C19H19N3O4/c1-10-7-15-17(19(23)22(10)2)16(13(9-20)18(21)26-15)12-6-5-11(24-3)8-14(12)25-4/h5-8,16H,21H2,1-4H3. The Morgan fingerprint density at radius 1 is 1.27 bits per heavy atom. The number of aryl methyl sites for hydroxylation is 1. The maximum Gasteiger partial charge on any atom is 0.258 e. The zero-order valence-electron chi connectivity index (χ0n) is 15.0. The molecule has 0 fully saturated rings. The molecule has 0 saturated heterocycles. The number of methoxy groups -OCH3 is 2. The van der Waals surface area contributed by atoms with Gasteiger partial charge in [0.15, 0.2) is 0 Å². The minimum atomic E-state index is -0.691. The topological polar surface area (TPSA) is 99.5 Å². The van der Waals surface area contributed by atoms with Crippen molar-refractivity contribution in [2.75, 3.05) is 14.2 Å². The normalized spacial score (nSPS) is 15.7. The Morgan fingerprint density at radius 2 is 2.00 bits per heavy atom. The van der Waals surface area contributed by atoms with E-state index >= 15 is 0 Å². The van der Waals surface area contributed by atoms with Crippen LogP contribution in [0.3, 0.4) is 0 Å². The van der Waals surface area contributed by atoms with E-state index in [0.717, 1.165) is 5.69 Å². The number of fused-ring (bicyclic) bond motifs is 1. The molecule has 0 spiro atoms. The highest BCUT2D eigenvalue weighted by atomic mass is 16.5. The molecule has 134 valence electrons. The molecule has 7 nitrogen and oxygen atoms in total. The summed E-state index contributed by atoms with van der Waals surface area (Å²) in [7, 11) is 4.74. The van der Waals surface area contributed by atoms with Gasteiger partial charge in [0.25, 0.3) is 5.56 Å². The molecule has 3 rings (SSSR count). The van der Waals surface area contributed by atoms with Gasteiger partial charge in [0.05, 0.1) is 25.7 Å². The Hall–Kier alpha value is -3.40. The van der Waals surface area contributed by atoms with Crippen molar-refractivity contribution in [2.45, 2.75) is 12.8 Å². The molecular formula is C19H19N3O4. The van der Waals surface area contributed by atoms with E-state index in [-0.39, 0.29) is 17.0 Å². The van der Waals surface area contributed by atoms with Gasteiger partial charge in [-0.15, -0.1) is 0 Å². The van der Waals surface area contributed by atoms with Crippen LogP contribution in [0.5, 0.6) is 17.2 Å². The molecule has 26 heavy (non-hydrogen) atoms. The Kier molecular flexibility index (Phi) is 4.34. The second-order valence-electron chi connectivity index (χ2n) is 5.96. The second kappa shape index (κ2) is 6.48. The van der Waals surface area contributed by atoms with Crippen LogP contribution in [0, 0.1) is 18.3 Å². The summed E-state index contributed by atoms with van der Waals surface area (Å²) in [6.45, 7) is 1.80. The smallest absolute Gasteiger partial charge is 0.258 e. The number of hydrogen-bond donors (Lipinski definition) is 1. The van der Waals surface area contributed by atoms with Gasteiger partial charge >= 0.3 is 0 Å². The molecule has 1 aliphatic heterocycles. The third-order valence-electron chi connectivity index (χ3n) is 4.60. The van der Waals surface area contributed by atoms with Crippen molar-refractivity contribution >= 4 is 0 Å². The van der Waals surface area contributed by atoms with Crippen molar-refractivity contribution in [1.82, 2.24) is 4.57 Å². The molecule has 1 aliphatic rings. The lowest BCUT2D eigenvalue weighted by Crippen LogP contribution is -2.31. The van der Waals surface area contributed by atoms with E-state index in [2.05, 4.69) is 6.07 Å². The first-order chi connectivity index (χ1) is 12.4. The van der Waals surface area contributed by atoms with Crippen LogP contribution in [0.1, 0.15) is 22.7 Å². The first kappa shape index (κ1) is 17.4. The lowest BCUT2D eigenvalue weighted by atomic mass is 9.83. The van der Waals surface area contributed by atoms with E-state index in [1.54, 1.807) is 45.3 Å². The molecule has 0 aliphatic carbocycles. The fourth-order valence-electron chi connectivity index (χ4n) is 3.11. The molecule has 0 bridgehead atoms. The van der Waals surface area contributed by atoms with Gasteiger partial charge < -0.3 is 24.5 Å². The van der Waals surface area contributed by atoms with E-state index in [1.165, 1.54) is 11.7 Å². The maximum atomic E-state index is 13.0. The van der Waals surface area contributed by atoms with E-state index in [9.17, 15) is 10.1 Å². The third kappa shape index (κ3) is 2.56. The lowest BCUT2D eigenvalue weighted by Gasteiger charge is -2.27. The summed E-state index contributed by atoms with van der Waals surface area (Å²) >= 11 is 0. The van der Waals surface area contributed by atoms with Crippen molar-refractivity contribution in [3.05, 3.63) is 62.9 Å². The molecule has 7 heteroatoms. The average molecular weight is 353 g/mol. The molecule has 1 aromatic heterocycles. The fourth-order valence-corrected chi connectivity index (χ4v) is 3.11. The van der Waals surface area contributed by atoms with E-state index in [0.29, 0.717) is 28.4 Å². The summed E-state index contributed by atoms with van der Waals surface area (Å²) in [4.78, 5) is 13.0. The summed E-state index contributed by atoms with van der Waals surface area (Å²) < 4.78 is 17.8. The Bertz CT molecular complexity index is 1010. The summed E-state index contributed by atoms with van der Waals surface area (Å²) in [5, 5.41) is 9.66. The molecule has 0 saturated carbocycles. The van der Waals surface area contributed by atoms with Crippen LogP contribution in [0.15, 0.2) is 40.5 Å². The van der Waals surface area contributed by atoms with Gasteiger partial charge in [0, 0.05) is 30.4 Å². The molecule has 1 aromatic carbocycles. The molecule has 2 N–H and O–H groups in total. The van der Waals surface area contributed by atoms with Gasteiger partial charge in [0.1, 0.15) is 28.9 Å². The monoisotopic (exact) mass is 353 g/mol. The van der Waals surface area contributed by atoms with Crippen LogP contribution < -0.4 is 25.5 Å². The van der Waals surface area contributed by atoms with Gasteiger partial charge in [-0.2, -0.15) is 5.26 Å². The van der Waals surface area contributed by atoms with Gasteiger partial charge in [-0.25, -0.2) is 0 Å². The van der Waals surface area contributed by atoms with Gasteiger partial charge in [-0.05, 0) is 13.0 Å². The number of aromatic nitrogens is 1. The van der Waals surface area contributed by atoms with Crippen LogP contribution in [-0.2, 0) is 7.05 Å². The van der Waals surface area contributed by atoms with Crippen molar-refractivity contribution in [3.63, 3.8) is 0 Å². The van der Waals surface area contributed by atoms with Crippen LogP contribution in [0.25, 0.3) is 0 Å². The highest BCUT2D eigenvalue weighted by Gasteiger charge is 2.35. The summed E-state index contributed by atoms with van der Waals surface area (Å²) in [5.41, 5.74) is 7.62. The molecule has 0 radical (unpaired) electrons. The largest absolute Gasteiger partial charge is 0.497 e. The van der Waals surface area contributed by atoms with Crippen LogP contribution in [0.4, 0.5) is 0 Å². The first-order valence-corrected chi connectivity index (χ1v) is 7.93. The zero-order valence-corrected chi connectivity index (χ0v) is 15.0. The Labute approximate surface area is 150 Å². The van der Waals surface area contributed by atoms with Gasteiger partial charge in [0.2, 0.25) is 5.88 Å². The van der Waals surface area contributed by atoms with Crippen molar-refractivity contribution in [2.24, 2.45) is 12.8 Å². The number of benzene rings is 1. The van der Waals surface area contributed by atoms with E-state index in [1.807, 2.05) is 0 Å². The number of nitrogens with two attached hydrogens (primary N) is 1. The lowest BCUT2D eigenvalue weighted by molar-refractivity contribution is 0.379. The predicted octanol–water partition coefficient (Wildman–Crippen LogP) is 1.93. The van der Waals surface area contributed by atoms with Crippen LogP contribution >= 0.6 is 0 Å². The number of ether oxygens (including phenoxy) is 3. The number of allylic oxidation sites excluding steroid dienone is 1. The van der Waals surface area contributed by atoms with Crippen molar-refractivity contribution in [1.29, 1.82) is 5.26 Å². The van der Waals surface area contributed by atoms with Gasteiger partial charge in [-0.3, -0.25) is 4.79 Å². The quantitative estimate of drug-likeness (QED) is 0.905. The fraction of sp³-hybridized carbons (Fsp3) is 0.263. The predicted molar refractivity (Wildman–Crippen MR) is 95.3 cm³/mol. The third-order valence-corrected chi connectivity index (χ3v) is 4.60. The molecule has 1 unspecified atom stereocenters. The number of hydrogen-bond acceptors (Lipinski definition) is 6. The van der Waals surface area contributed by atoms with Crippen LogP contribution in [-0.4, -0.2) is 18.8 Å². The molecule has 2 heterocycles. The SMILES string of the molecule is COc1ccc(C2C(C#N)=C(N)Oc3cc(C)n(C)c(=O)c32)c(OC)c1. The zero-order chi connectivity index (χ0) is 19.0. The van der Waals surface area contributed by atoms with E-state index in [4.69, 9.17) is 19.9 Å². The molecule has 0 amide bonds. The number of nitrogens with zero attached hydrogens (tertiary/aromatic N) is 2. The molecule has 2 aromatic rings. The minimum Gasteiger partial charge on any atom is -0.497 e. The molecular weight excluding hydrogens is 334 g/mol. The summed E-state index contributed by atoms with van der Waals surface area (Å²) in [5.74, 6) is 0.736. The summed E-state index contributed by atoms with van der Waals surface area (Å²) in [6.07, 6.45) is 0. The minimum absolute atomic E-state index is 0.0180. The Balaban J connectivity index is 2.35. The number of nitriles is 1. The maximum absolute atomic E-state index is 13.0. The summed E-state index contributed by atoms with van der Waals surface area (Å²) in [6, 6.07) is 9.03.